The van der Waals surface area contributed by atoms with Crippen LogP contribution in [-0.2, 0) is 11.2 Å². The van der Waals surface area contributed by atoms with Crippen molar-refractivity contribution in [3.63, 3.8) is 0 Å². The molecule has 0 bridgehead atoms. The van der Waals surface area contributed by atoms with Crippen LogP contribution in [-0.4, -0.2) is 32.0 Å². The first-order valence-electron chi connectivity index (χ1n) is 11.2. The molecule has 1 N–H and O–H groups in total. The van der Waals surface area contributed by atoms with E-state index in [0.29, 0.717) is 11.8 Å². The minimum absolute atomic E-state index is 0.0336. The molecule has 1 amide bonds. The molecule has 0 atom stereocenters. The van der Waals surface area contributed by atoms with Crippen molar-refractivity contribution in [1.29, 1.82) is 0 Å². The zero-order chi connectivity index (χ0) is 21.8. The molecular weight excluding hydrogens is 404 g/mol. The monoisotopic (exact) mass is 436 g/mol. The smallest absolute Gasteiger partial charge is 0.230 e. The highest BCUT2D eigenvalue weighted by molar-refractivity contribution is 7.99. The predicted octanol–water partition coefficient (Wildman–Crippen LogP) is 5.53. The number of nitrogens with one attached hydrogen (secondary N) is 1. The number of fused-ring (bicyclic) bond motifs is 1. The van der Waals surface area contributed by atoms with Crippen molar-refractivity contribution >= 4 is 28.4 Å². The lowest BCUT2D eigenvalue weighted by atomic mass is 9.95. The summed E-state index contributed by atoms with van der Waals surface area (Å²) >= 11 is 1.50. The third-order valence-corrected chi connectivity index (χ3v) is 6.69. The topological polar surface area (TPSA) is 59.8 Å². The van der Waals surface area contributed by atoms with Gasteiger partial charge >= 0.3 is 0 Å². The molecule has 6 heteroatoms. The predicted molar refractivity (Wildman–Crippen MR) is 128 cm³/mol. The molecule has 0 aliphatic heterocycles. The molecule has 3 aromatic rings. The van der Waals surface area contributed by atoms with Crippen LogP contribution in [0.2, 0.25) is 0 Å². The molecule has 31 heavy (non-hydrogen) atoms. The van der Waals surface area contributed by atoms with E-state index < -0.39 is 0 Å². The second-order valence-corrected chi connectivity index (χ2v) is 10.4. The van der Waals surface area contributed by atoms with E-state index in [-0.39, 0.29) is 11.4 Å². The molecule has 1 aliphatic carbocycles. The number of carbonyl (C=O) groups is 1. The number of hydrogen-bond acceptors (Lipinski definition) is 4. The number of rotatable bonds is 6. The zero-order valence-electron chi connectivity index (χ0n) is 18.7. The van der Waals surface area contributed by atoms with Crippen molar-refractivity contribution in [1.82, 2.24) is 20.1 Å². The van der Waals surface area contributed by atoms with Gasteiger partial charge in [0, 0.05) is 18.0 Å². The van der Waals surface area contributed by atoms with Gasteiger partial charge in [-0.25, -0.2) is 0 Å². The van der Waals surface area contributed by atoms with Crippen LogP contribution in [0.25, 0.3) is 10.8 Å². The average Bonchev–Trinajstić information content (AvgIpc) is 3.14. The number of thioether (sulfide) groups is 1. The fourth-order valence-electron chi connectivity index (χ4n) is 4.43. The van der Waals surface area contributed by atoms with Gasteiger partial charge in [-0.15, -0.1) is 10.2 Å². The minimum Gasteiger partial charge on any atom is -0.351 e. The Hall–Kier alpha value is -2.34. The van der Waals surface area contributed by atoms with Crippen LogP contribution in [0.5, 0.6) is 0 Å². The number of nitrogens with zero attached hydrogens (tertiary/aromatic N) is 3. The van der Waals surface area contributed by atoms with Crippen molar-refractivity contribution in [2.24, 2.45) is 0 Å². The summed E-state index contributed by atoms with van der Waals surface area (Å²) in [7, 11) is 0. The lowest BCUT2D eigenvalue weighted by molar-refractivity contribution is -0.119. The Balaban J connectivity index is 1.60. The summed E-state index contributed by atoms with van der Waals surface area (Å²) in [5, 5.41) is 15.6. The number of aromatic nitrogens is 3. The van der Waals surface area contributed by atoms with E-state index in [9.17, 15) is 4.79 Å². The lowest BCUT2D eigenvalue weighted by Gasteiger charge is -2.26. The number of benzene rings is 2. The van der Waals surface area contributed by atoms with Crippen molar-refractivity contribution < 1.29 is 4.79 Å². The number of carbonyl (C=O) groups excluding carboxylic acids is 1. The highest BCUT2D eigenvalue weighted by Gasteiger charge is 2.24. The van der Waals surface area contributed by atoms with E-state index >= 15 is 0 Å². The van der Waals surface area contributed by atoms with E-state index in [2.05, 4.69) is 62.5 Å². The van der Waals surface area contributed by atoms with E-state index in [1.165, 1.54) is 47.4 Å². The first kappa shape index (κ1) is 21.9. The Labute approximate surface area is 189 Å². The summed E-state index contributed by atoms with van der Waals surface area (Å²) < 4.78 is 2.33. The van der Waals surface area contributed by atoms with E-state index in [1.807, 2.05) is 20.8 Å². The van der Waals surface area contributed by atoms with Crippen LogP contribution >= 0.6 is 11.8 Å². The second kappa shape index (κ2) is 9.43. The molecule has 5 nitrogen and oxygen atoms in total. The van der Waals surface area contributed by atoms with Crippen LogP contribution in [0.3, 0.4) is 0 Å². The summed E-state index contributed by atoms with van der Waals surface area (Å²) in [5.41, 5.74) is 1.04. The van der Waals surface area contributed by atoms with Crippen molar-refractivity contribution in [3.05, 3.63) is 53.9 Å². The Morgan fingerprint density at radius 1 is 1.06 bits per heavy atom. The molecule has 1 aromatic heterocycles. The van der Waals surface area contributed by atoms with Gasteiger partial charge in [-0.2, -0.15) is 0 Å². The van der Waals surface area contributed by atoms with E-state index in [1.54, 1.807) is 0 Å². The molecule has 0 unspecified atom stereocenters. The van der Waals surface area contributed by atoms with Gasteiger partial charge in [0.1, 0.15) is 5.82 Å². The molecular formula is C25H32N4OS. The molecule has 1 aliphatic rings. The first-order valence-corrected chi connectivity index (χ1v) is 12.2. The first-order chi connectivity index (χ1) is 14.9. The van der Waals surface area contributed by atoms with Crippen molar-refractivity contribution in [3.8, 4) is 0 Å². The largest absolute Gasteiger partial charge is 0.351 e. The third kappa shape index (κ3) is 5.48. The standard InChI is InChI=1S/C25H32N4OS/c1-25(2,3)26-23(30)17-31-24-28-27-22(29(24)20-13-5-4-6-14-20)16-19-12-9-11-18-10-7-8-15-21(18)19/h7-12,15,20H,4-6,13-14,16-17H2,1-3H3,(H,26,30). The Kier molecular flexibility index (Phi) is 6.65. The summed E-state index contributed by atoms with van der Waals surface area (Å²) in [6.45, 7) is 6.01. The van der Waals surface area contributed by atoms with Crippen LogP contribution in [0.1, 0.15) is 70.3 Å². The fraction of sp³-hybridized carbons (Fsp3) is 0.480. The van der Waals surface area contributed by atoms with Gasteiger partial charge < -0.3 is 9.88 Å². The van der Waals surface area contributed by atoms with Crippen LogP contribution in [0.4, 0.5) is 0 Å². The fourth-order valence-corrected chi connectivity index (χ4v) is 5.26. The average molecular weight is 437 g/mol. The van der Waals surface area contributed by atoms with Crippen molar-refractivity contribution in [2.45, 2.75) is 76.0 Å². The normalized spacial score (nSPS) is 15.3. The Bertz CT molecular complexity index is 1040. The highest BCUT2D eigenvalue weighted by atomic mass is 32.2. The van der Waals surface area contributed by atoms with Gasteiger partial charge in [0.15, 0.2) is 5.16 Å². The molecule has 2 aromatic carbocycles. The molecule has 0 saturated heterocycles. The molecule has 0 spiro atoms. The molecule has 0 radical (unpaired) electrons. The molecule has 1 fully saturated rings. The summed E-state index contributed by atoms with van der Waals surface area (Å²) in [5.74, 6) is 1.39. The summed E-state index contributed by atoms with van der Waals surface area (Å²) in [4.78, 5) is 12.4. The van der Waals surface area contributed by atoms with E-state index in [0.717, 1.165) is 30.2 Å². The second-order valence-electron chi connectivity index (χ2n) is 9.46. The maximum Gasteiger partial charge on any atom is 0.230 e. The molecule has 4 rings (SSSR count). The molecule has 1 saturated carbocycles. The van der Waals surface area contributed by atoms with Gasteiger partial charge in [0.25, 0.3) is 0 Å². The van der Waals surface area contributed by atoms with Gasteiger partial charge in [-0.05, 0) is 49.9 Å². The van der Waals surface area contributed by atoms with Crippen LogP contribution < -0.4 is 5.32 Å². The van der Waals surface area contributed by atoms with Gasteiger partial charge in [-0.1, -0.05) is 73.5 Å². The van der Waals surface area contributed by atoms with Crippen LogP contribution in [0, 0.1) is 0 Å². The van der Waals surface area contributed by atoms with Gasteiger partial charge in [-0.3, -0.25) is 4.79 Å². The summed E-state index contributed by atoms with van der Waals surface area (Å²) in [6, 6.07) is 15.4. The molecule has 1 heterocycles. The van der Waals surface area contributed by atoms with Crippen LogP contribution in [0.15, 0.2) is 47.6 Å². The van der Waals surface area contributed by atoms with E-state index in [4.69, 9.17) is 0 Å². The molecule has 164 valence electrons. The van der Waals surface area contributed by atoms with Crippen molar-refractivity contribution in [2.75, 3.05) is 5.75 Å². The number of amides is 1. The minimum atomic E-state index is -0.228. The highest BCUT2D eigenvalue weighted by Crippen LogP contribution is 2.33. The van der Waals surface area contributed by atoms with Gasteiger partial charge in [0.2, 0.25) is 5.91 Å². The zero-order valence-corrected chi connectivity index (χ0v) is 19.5. The van der Waals surface area contributed by atoms with Gasteiger partial charge in [0.05, 0.1) is 5.75 Å². The lowest BCUT2D eigenvalue weighted by Crippen LogP contribution is -2.41. The third-order valence-electron chi connectivity index (χ3n) is 5.75. The quantitative estimate of drug-likeness (QED) is 0.516. The Morgan fingerprint density at radius 3 is 2.58 bits per heavy atom. The Morgan fingerprint density at radius 2 is 1.81 bits per heavy atom. The maximum atomic E-state index is 12.4. The number of hydrogen-bond donors (Lipinski definition) is 1. The maximum absolute atomic E-state index is 12.4. The SMILES string of the molecule is CC(C)(C)NC(=O)CSc1nnc(Cc2cccc3ccccc23)n1C1CCCCC1. The summed E-state index contributed by atoms with van der Waals surface area (Å²) in [6.07, 6.45) is 6.84.